The molecule has 0 aliphatic heterocycles. The molecule has 0 spiro atoms. The van der Waals surface area contributed by atoms with Crippen LogP contribution in [0.4, 0.5) is 0 Å². The third-order valence-electron chi connectivity index (χ3n) is 1.47. The average molecular weight is 161 g/mol. The summed E-state index contributed by atoms with van der Waals surface area (Å²) >= 11 is 0. The molecule has 0 saturated carbocycles. The minimum Gasteiger partial charge on any atom is -0.356 e. The fourth-order valence-electron chi connectivity index (χ4n) is 0.926. The molecule has 0 aromatic carbocycles. The van der Waals surface area contributed by atoms with Crippen molar-refractivity contribution < 1.29 is 4.52 Å². The van der Waals surface area contributed by atoms with Crippen molar-refractivity contribution in [2.45, 2.75) is 6.92 Å². The standard InChI is InChI=1S/C8H7N3O/c1-6-2-8(12-11-6)7-3-9-5-10-4-7/h2-5H,1H3. The molecule has 0 bridgehead atoms. The van der Waals surface area contributed by atoms with Crippen LogP contribution in [0.1, 0.15) is 5.69 Å². The lowest BCUT2D eigenvalue weighted by atomic mass is 10.2. The molecule has 0 atom stereocenters. The van der Waals surface area contributed by atoms with Gasteiger partial charge in [0.2, 0.25) is 0 Å². The summed E-state index contributed by atoms with van der Waals surface area (Å²) < 4.78 is 5.02. The maximum absolute atomic E-state index is 5.02. The lowest BCUT2D eigenvalue weighted by molar-refractivity contribution is 0.427. The number of aryl methyl sites for hydroxylation is 1. The molecule has 0 saturated heterocycles. The SMILES string of the molecule is Cc1cc(-c2cncnc2)on1. The summed E-state index contributed by atoms with van der Waals surface area (Å²) in [7, 11) is 0. The molecule has 0 unspecified atom stereocenters. The fourth-order valence-corrected chi connectivity index (χ4v) is 0.926. The van der Waals surface area contributed by atoms with E-state index in [1.807, 2.05) is 13.0 Å². The van der Waals surface area contributed by atoms with Crippen LogP contribution < -0.4 is 0 Å². The third kappa shape index (κ3) is 1.18. The predicted molar refractivity (Wildman–Crippen MR) is 42.3 cm³/mol. The van der Waals surface area contributed by atoms with Crippen LogP contribution in [0.5, 0.6) is 0 Å². The first-order valence-corrected chi connectivity index (χ1v) is 3.55. The second kappa shape index (κ2) is 2.73. The normalized spacial score (nSPS) is 10.1. The van der Waals surface area contributed by atoms with Gasteiger partial charge in [0.15, 0.2) is 5.76 Å². The van der Waals surface area contributed by atoms with E-state index in [0.717, 1.165) is 11.3 Å². The van der Waals surface area contributed by atoms with Crippen LogP contribution in [0.25, 0.3) is 11.3 Å². The average Bonchev–Trinajstić information content (AvgIpc) is 2.54. The van der Waals surface area contributed by atoms with Crippen molar-refractivity contribution in [2.24, 2.45) is 0 Å². The topological polar surface area (TPSA) is 51.8 Å². The highest BCUT2D eigenvalue weighted by molar-refractivity contribution is 5.54. The Morgan fingerprint density at radius 1 is 1.25 bits per heavy atom. The van der Waals surface area contributed by atoms with Crippen LogP contribution in [-0.2, 0) is 0 Å². The summed E-state index contributed by atoms with van der Waals surface area (Å²) in [5.74, 6) is 0.702. The van der Waals surface area contributed by atoms with Gasteiger partial charge in [-0.1, -0.05) is 5.16 Å². The Morgan fingerprint density at radius 3 is 2.58 bits per heavy atom. The molecule has 0 amide bonds. The molecule has 60 valence electrons. The maximum Gasteiger partial charge on any atom is 0.170 e. The van der Waals surface area contributed by atoms with Crippen LogP contribution >= 0.6 is 0 Å². The number of nitrogens with zero attached hydrogens (tertiary/aromatic N) is 3. The van der Waals surface area contributed by atoms with Crippen molar-refractivity contribution in [3.8, 4) is 11.3 Å². The molecule has 0 N–H and O–H groups in total. The highest BCUT2D eigenvalue weighted by Gasteiger charge is 2.02. The highest BCUT2D eigenvalue weighted by atomic mass is 16.5. The van der Waals surface area contributed by atoms with E-state index < -0.39 is 0 Å². The van der Waals surface area contributed by atoms with E-state index in [0.29, 0.717) is 5.76 Å². The van der Waals surface area contributed by atoms with E-state index in [-0.39, 0.29) is 0 Å². The lowest BCUT2D eigenvalue weighted by Gasteiger charge is -1.89. The van der Waals surface area contributed by atoms with Crippen LogP contribution in [0, 0.1) is 6.92 Å². The van der Waals surface area contributed by atoms with Gasteiger partial charge in [0.1, 0.15) is 6.33 Å². The summed E-state index contributed by atoms with van der Waals surface area (Å²) in [5, 5.41) is 3.76. The quantitative estimate of drug-likeness (QED) is 0.635. The molecular formula is C8H7N3O. The molecule has 0 aliphatic rings. The van der Waals surface area contributed by atoms with Crippen LogP contribution in [0.3, 0.4) is 0 Å². The van der Waals surface area contributed by atoms with E-state index in [1.54, 1.807) is 12.4 Å². The smallest absolute Gasteiger partial charge is 0.170 e. The monoisotopic (exact) mass is 161 g/mol. The molecule has 0 fully saturated rings. The van der Waals surface area contributed by atoms with E-state index in [1.165, 1.54) is 6.33 Å². The summed E-state index contributed by atoms with van der Waals surface area (Å²) in [6, 6.07) is 1.85. The zero-order valence-electron chi connectivity index (χ0n) is 6.56. The lowest BCUT2D eigenvalue weighted by Crippen LogP contribution is -1.78. The first kappa shape index (κ1) is 6.97. The second-order valence-corrected chi connectivity index (χ2v) is 2.46. The minimum atomic E-state index is 0.702. The number of hydrogen-bond acceptors (Lipinski definition) is 4. The van der Waals surface area contributed by atoms with E-state index in [9.17, 15) is 0 Å². The van der Waals surface area contributed by atoms with Gasteiger partial charge in [0.05, 0.1) is 11.3 Å². The summed E-state index contributed by atoms with van der Waals surface area (Å²) in [6.45, 7) is 1.87. The van der Waals surface area contributed by atoms with Gasteiger partial charge in [-0.15, -0.1) is 0 Å². The van der Waals surface area contributed by atoms with Crippen molar-refractivity contribution in [2.75, 3.05) is 0 Å². The molecule has 0 aliphatic carbocycles. The van der Waals surface area contributed by atoms with Gasteiger partial charge in [-0.2, -0.15) is 0 Å². The Hall–Kier alpha value is -1.71. The Balaban J connectivity index is 2.45. The number of aromatic nitrogens is 3. The van der Waals surface area contributed by atoms with Gasteiger partial charge in [0.25, 0.3) is 0 Å². The minimum absolute atomic E-state index is 0.702. The Morgan fingerprint density at radius 2 is 2.00 bits per heavy atom. The van der Waals surface area contributed by atoms with E-state index in [4.69, 9.17) is 4.52 Å². The third-order valence-corrected chi connectivity index (χ3v) is 1.47. The summed E-state index contributed by atoms with van der Waals surface area (Å²) in [6.07, 6.45) is 4.85. The molecule has 2 heterocycles. The van der Waals surface area contributed by atoms with Gasteiger partial charge in [-0.05, 0) is 6.92 Å². The first-order chi connectivity index (χ1) is 5.86. The second-order valence-electron chi connectivity index (χ2n) is 2.46. The molecular weight excluding hydrogens is 154 g/mol. The first-order valence-electron chi connectivity index (χ1n) is 3.55. The zero-order chi connectivity index (χ0) is 8.39. The van der Waals surface area contributed by atoms with Gasteiger partial charge in [-0.25, -0.2) is 9.97 Å². The van der Waals surface area contributed by atoms with Crippen molar-refractivity contribution in [3.05, 3.63) is 30.5 Å². The molecule has 0 radical (unpaired) electrons. The van der Waals surface area contributed by atoms with Gasteiger partial charge >= 0.3 is 0 Å². The molecule has 12 heavy (non-hydrogen) atoms. The van der Waals surface area contributed by atoms with Crippen LogP contribution in [0.2, 0.25) is 0 Å². The van der Waals surface area contributed by atoms with Crippen molar-refractivity contribution in [1.82, 2.24) is 15.1 Å². The van der Waals surface area contributed by atoms with E-state index in [2.05, 4.69) is 15.1 Å². The fraction of sp³-hybridized carbons (Fsp3) is 0.125. The molecule has 2 rings (SSSR count). The highest BCUT2D eigenvalue weighted by Crippen LogP contribution is 2.16. The Bertz CT molecular complexity index is 369. The van der Waals surface area contributed by atoms with Crippen molar-refractivity contribution in [3.63, 3.8) is 0 Å². The number of hydrogen-bond donors (Lipinski definition) is 0. The maximum atomic E-state index is 5.02. The molecule has 4 heteroatoms. The van der Waals surface area contributed by atoms with Crippen molar-refractivity contribution in [1.29, 1.82) is 0 Å². The number of rotatable bonds is 1. The predicted octanol–water partition coefficient (Wildman–Crippen LogP) is 1.44. The van der Waals surface area contributed by atoms with E-state index >= 15 is 0 Å². The Kier molecular flexibility index (Phi) is 1.59. The van der Waals surface area contributed by atoms with Gasteiger partial charge in [0, 0.05) is 18.5 Å². The molecule has 2 aromatic rings. The molecule has 4 nitrogen and oxygen atoms in total. The van der Waals surface area contributed by atoms with Crippen LogP contribution in [-0.4, -0.2) is 15.1 Å². The van der Waals surface area contributed by atoms with Gasteiger partial charge < -0.3 is 4.52 Å². The summed E-state index contributed by atoms with van der Waals surface area (Å²) in [5.41, 5.74) is 1.70. The zero-order valence-corrected chi connectivity index (χ0v) is 6.56. The molecule has 2 aromatic heterocycles. The summed E-state index contributed by atoms with van der Waals surface area (Å²) in [4.78, 5) is 7.74. The van der Waals surface area contributed by atoms with Crippen LogP contribution in [0.15, 0.2) is 29.3 Å². The Labute approximate surface area is 69.3 Å². The van der Waals surface area contributed by atoms with Gasteiger partial charge in [-0.3, -0.25) is 0 Å². The largest absolute Gasteiger partial charge is 0.356 e. The van der Waals surface area contributed by atoms with Crippen molar-refractivity contribution >= 4 is 0 Å².